The normalized spacial score (nSPS) is 11.3. The van der Waals surface area contributed by atoms with Gasteiger partial charge in [0.1, 0.15) is 0 Å². The minimum atomic E-state index is 0.788. The highest BCUT2D eigenvalue weighted by molar-refractivity contribution is 8.06. The maximum atomic E-state index is 4.26. The first kappa shape index (κ1) is 20.5. The molecule has 110 valence electrons. The monoisotopic (exact) mass is 380 g/mol. The molecule has 0 N–H and O–H groups in total. The lowest BCUT2D eigenvalue weighted by Gasteiger charge is -2.15. The molecule has 0 rings (SSSR count). The Morgan fingerprint density at radius 2 is 1.11 bits per heavy atom. The molecule has 0 amide bonds. The summed E-state index contributed by atoms with van der Waals surface area (Å²) in [5.41, 5.74) is 0. The molecule has 0 fully saturated rings. The summed E-state index contributed by atoms with van der Waals surface area (Å²) in [6, 6.07) is 0. The summed E-state index contributed by atoms with van der Waals surface area (Å²) >= 11 is 21.0. The number of hydrogen-bond donors (Lipinski definition) is 3. The topological polar surface area (TPSA) is 0 Å². The van der Waals surface area contributed by atoms with Crippen LogP contribution in [0.1, 0.15) is 0 Å². The smallest absolute Gasteiger partial charge is 0.0229 e. The Labute approximate surface area is 146 Å². The van der Waals surface area contributed by atoms with E-state index >= 15 is 0 Å². The van der Waals surface area contributed by atoms with Crippen LogP contribution in [0.15, 0.2) is 0 Å². The van der Waals surface area contributed by atoms with Gasteiger partial charge in [-0.1, -0.05) is 0 Å². The Balaban J connectivity index is 3.60. The Kier molecular flexibility index (Phi) is 19.9. The molecule has 7 heteroatoms. The summed E-state index contributed by atoms with van der Waals surface area (Å²) < 4.78 is 0. The number of thiol groups is 3. The van der Waals surface area contributed by atoms with Gasteiger partial charge >= 0.3 is 0 Å². The van der Waals surface area contributed by atoms with E-state index in [1.165, 1.54) is 40.3 Å². The third-order valence-electron chi connectivity index (χ3n) is 1.90. The van der Waals surface area contributed by atoms with Crippen molar-refractivity contribution in [2.45, 2.75) is 5.25 Å². The van der Waals surface area contributed by atoms with Gasteiger partial charge in [-0.15, -0.1) is 0 Å². The van der Waals surface area contributed by atoms with Gasteiger partial charge in [0, 0.05) is 45.5 Å². The standard InChI is InChI=1S/C11H24S7/c12-1-4-15-7-8-18-11(9-16-5-2-13)10-17-6-3-14/h11-14H,1-10H2. The van der Waals surface area contributed by atoms with Crippen LogP contribution in [-0.4, -0.2) is 62.8 Å². The lowest BCUT2D eigenvalue weighted by Crippen LogP contribution is -2.12. The average molecular weight is 381 g/mol. The van der Waals surface area contributed by atoms with Crippen LogP contribution in [0.4, 0.5) is 0 Å². The molecule has 0 radical (unpaired) electrons. The van der Waals surface area contributed by atoms with Crippen molar-refractivity contribution < 1.29 is 0 Å². The van der Waals surface area contributed by atoms with Crippen molar-refractivity contribution in [3.63, 3.8) is 0 Å². The van der Waals surface area contributed by atoms with E-state index < -0.39 is 0 Å². The van der Waals surface area contributed by atoms with Gasteiger partial charge in [0.15, 0.2) is 0 Å². The number of rotatable bonds is 14. The van der Waals surface area contributed by atoms with Crippen molar-refractivity contribution >= 4 is 84.9 Å². The minimum Gasteiger partial charge on any atom is -0.179 e. The molecule has 0 aromatic carbocycles. The highest BCUT2D eigenvalue weighted by Gasteiger charge is 2.09. The molecule has 0 aromatic heterocycles. The van der Waals surface area contributed by atoms with Crippen LogP contribution >= 0.6 is 84.9 Å². The zero-order valence-corrected chi connectivity index (χ0v) is 16.6. The van der Waals surface area contributed by atoms with Gasteiger partial charge < -0.3 is 0 Å². The molecule has 0 aromatic rings. The molecule has 0 heterocycles. The van der Waals surface area contributed by atoms with Crippen LogP contribution < -0.4 is 0 Å². The lowest BCUT2D eigenvalue weighted by atomic mass is 10.5. The Morgan fingerprint density at radius 1 is 0.611 bits per heavy atom. The van der Waals surface area contributed by atoms with Crippen molar-refractivity contribution in [1.29, 1.82) is 0 Å². The predicted octanol–water partition coefficient (Wildman–Crippen LogP) is 4.08. The van der Waals surface area contributed by atoms with E-state index in [0.29, 0.717) is 0 Å². The van der Waals surface area contributed by atoms with Gasteiger partial charge in [-0.25, -0.2) is 0 Å². The Bertz CT molecular complexity index is 146. The van der Waals surface area contributed by atoms with Crippen molar-refractivity contribution in [3.8, 4) is 0 Å². The minimum absolute atomic E-state index is 0.788. The maximum Gasteiger partial charge on any atom is 0.0229 e. The zero-order valence-electron chi connectivity index (χ0n) is 10.6. The summed E-state index contributed by atoms with van der Waals surface area (Å²) in [5.74, 6) is 11.6. The van der Waals surface area contributed by atoms with Gasteiger partial charge in [0.2, 0.25) is 0 Å². The summed E-state index contributed by atoms with van der Waals surface area (Å²) in [5, 5.41) is 0.788. The summed E-state index contributed by atoms with van der Waals surface area (Å²) in [6.07, 6.45) is 0. The molecule has 0 unspecified atom stereocenters. The van der Waals surface area contributed by atoms with Crippen LogP contribution in [-0.2, 0) is 0 Å². The third kappa shape index (κ3) is 14.9. The molecule has 0 spiro atoms. The Morgan fingerprint density at radius 3 is 1.61 bits per heavy atom. The van der Waals surface area contributed by atoms with Crippen LogP contribution in [0.5, 0.6) is 0 Å². The van der Waals surface area contributed by atoms with Crippen LogP contribution in [0.25, 0.3) is 0 Å². The summed E-state index contributed by atoms with van der Waals surface area (Å²) in [6.45, 7) is 0. The van der Waals surface area contributed by atoms with E-state index in [1.807, 2.05) is 35.3 Å². The first-order valence-electron chi connectivity index (χ1n) is 6.02. The molecular formula is C11H24S7. The van der Waals surface area contributed by atoms with Crippen LogP contribution in [0, 0.1) is 0 Å². The molecular weight excluding hydrogens is 357 g/mol. The summed E-state index contributed by atoms with van der Waals surface area (Å²) in [4.78, 5) is 0. The second-order valence-electron chi connectivity index (χ2n) is 3.43. The number of thioether (sulfide) groups is 4. The second-order valence-corrected chi connectivity index (χ2v) is 9.70. The fraction of sp³-hybridized carbons (Fsp3) is 1.00. The Hall–Kier alpha value is 2.45. The zero-order chi connectivity index (χ0) is 13.5. The van der Waals surface area contributed by atoms with E-state index in [-0.39, 0.29) is 0 Å². The van der Waals surface area contributed by atoms with Crippen molar-refractivity contribution in [1.82, 2.24) is 0 Å². The SMILES string of the molecule is SCCSCCSC(CSCCS)CSCCS. The van der Waals surface area contributed by atoms with E-state index in [4.69, 9.17) is 0 Å². The molecule has 0 bridgehead atoms. The van der Waals surface area contributed by atoms with E-state index in [2.05, 4.69) is 49.6 Å². The van der Waals surface area contributed by atoms with Crippen LogP contribution in [0.2, 0.25) is 0 Å². The predicted molar refractivity (Wildman–Crippen MR) is 110 cm³/mol. The van der Waals surface area contributed by atoms with Gasteiger partial charge in [-0.3, -0.25) is 0 Å². The molecule has 0 aliphatic heterocycles. The fourth-order valence-corrected chi connectivity index (χ4v) is 6.68. The van der Waals surface area contributed by atoms with Gasteiger partial charge in [0.25, 0.3) is 0 Å². The first-order chi connectivity index (χ1) is 8.85. The summed E-state index contributed by atoms with van der Waals surface area (Å²) in [7, 11) is 0. The largest absolute Gasteiger partial charge is 0.179 e. The molecule has 0 saturated carbocycles. The molecule has 0 saturated heterocycles. The first-order valence-corrected chi connectivity index (χ1v) is 12.4. The molecule has 0 aliphatic rings. The highest BCUT2D eigenvalue weighted by Crippen LogP contribution is 2.22. The second kappa shape index (κ2) is 17.5. The third-order valence-corrected chi connectivity index (χ3v) is 8.65. The molecule has 0 atom stereocenters. The molecule has 0 aliphatic carbocycles. The van der Waals surface area contributed by atoms with Gasteiger partial charge in [-0.2, -0.15) is 84.9 Å². The van der Waals surface area contributed by atoms with Gasteiger partial charge in [-0.05, 0) is 17.3 Å². The lowest BCUT2D eigenvalue weighted by molar-refractivity contribution is 1.14. The highest BCUT2D eigenvalue weighted by atomic mass is 32.2. The fourth-order valence-electron chi connectivity index (χ4n) is 1.14. The quantitative estimate of drug-likeness (QED) is 0.307. The average Bonchev–Trinajstić information content (AvgIpc) is 2.38. The van der Waals surface area contributed by atoms with Crippen molar-refractivity contribution in [2.24, 2.45) is 0 Å². The van der Waals surface area contributed by atoms with E-state index in [0.717, 1.165) is 22.5 Å². The number of hydrogen-bond acceptors (Lipinski definition) is 7. The van der Waals surface area contributed by atoms with Crippen LogP contribution in [0.3, 0.4) is 0 Å². The molecule has 18 heavy (non-hydrogen) atoms. The maximum absolute atomic E-state index is 4.26. The molecule has 0 nitrogen and oxygen atoms in total. The van der Waals surface area contributed by atoms with Crippen molar-refractivity contribution in [3.05, 3.63) is 0 Å². The van der Waals surface area contributed by atoms with Gasteiger partial charge in [0.05, 0.1) is 0 Å². The van der Waals surface area contributed by atoms with E-state index in [1.54, 1.807) is 0 Å². The van der Waals surface area contributed by atoms with Crippen molar-refractivity contribution in [2.75, 3.05) is 57.5 Å². The van der Waals surface area contributed by atoms with E-state index in [9.17, 15) is 0 Å².